The van der Waals surface area contributed by atoms with Crippen molar-refractivity contribution in [2.45, 2.75) is 6.61 Å². The van der Waals surface area contributed by atoms with E-state index in [9.17, 15) is 5.11 Å². The van der Waals surface area contributed by atoms with Crippen molar-refractivity contribution in [2.75, 3.05) is 0 Å². The maximum Gasteiger partial charge on any atom is 0.128 e. The Balaban J connectivity index is 1.57. The Morgan fingerprint density at radius 2 is 1.62 bits per heavy atom. The molecule has 1 aromatic heterocycles. The Kier molecular flexibility index (Phi) is 5.67. The predicted octanol–water partition coefficient (Wildman–Crippen LogP) is 6.99. The van der Waals surface area contributed by atoms with E-state index >= 15 is 0 Å². The first-order valence-electron chi connectivity index (χ1n) is 8.70. The van der Waals surface area contributed by atoms with E-state index in [-0.39, 0.29) is 12.4 Å². The van der Waals surface area contributed by atoms with Crippen molar-refractivity contribution in [1.82, 2.24) is 10.2 Å². The van der Waals surface area contributed by atoms with E-state index in [4.69, 9.17) is 39.5 Å². The van der Waals surface area contributed by atoms with Crippen LogP contribution < -0.4 is 4.74 Å². The number of aromatic hydroxyl groups is 1. The molecule has 1 heterocycles. The summed E-state index contributed by atoms with van der Waals surface area (Å²) in [6.45, 7) is 0.259. The van der Waals surface area contributed by atoms with Crippen LogP contribution in [0.4, 0.5) is 0 Å². The summed E-state index contributed by atoms with van der Waals surface area (Å²) >= 11 is 18.1. The minimum absolute atomic E-state index is 0.0733. The monoisotopic (exact) mass is 444 g/mol. The number of phenols is 1. The van der Waals surface area contributed by atoms with Gasteiger partial charge in [0.2, 0.25) is 0 Å². The summed E-state index contributed by atoms with van der Waals surface area (Å²) in [5.74, 6) is 0.592. The Labute approximate surface area is 182 Å². The highest BCUT2D eigenvalue weighted by molar-refractivity contribution is 6.35. The molecule has 29 heavy (non-hydrogen) atoms. The average molecular weight is 446 g/mol. The minimum atomic E-state index is 0.0733. The molecule has 3 aromatic carbocycles. The summed E-state index contributed by atoms with van der Waals surface area (Å²) in [5, 5.41) is 19.4. The number of hydrogen-bond acceptors (Lipinski definition) is 3. The summed E-state index contributed by atoms with van der Waals surface area (Å²) in [7, 11) is 0. The third kappa shape index (κ3) is 4.35. The standard InChI is InChI=1S/C22H15Cl3N2O2/c23-15-4-1-13(2-5-15)19-11-26-27-22(19)18-8-7-17(10-21(18)28)29-12-14-3-6-16(24)9-20(14)25/h1-11,28H,12H2,(H,26,27). The van der Waals surface area contributed by atoms with E-state index < -0.39 is 0 Å². The van der Waals surface area contributed by atoms with Gasteiger partial charge < -0.3 is 9.84 Å². The van der Waals surface area contributed by atoms with Gasteiger partial charge in [-0.25, -0.2) is 0 Å². The molecular weight excluding hydrogens is 431 g/mol. The van der Waals surface area contributed by atoms with Gasteiger partial charge >= 0.3 is 0 Å². The fourth-order valence-electron chi connectivity index (χ4n) is 2.95. The number of phenolic OH excluding ortho intramolecular Hbond substituents is 1. The molecule has 0 spiro atoms. The smallest absolute Gasteiger partial charge is 0.128 e. The maximum absolute atomic E-state index is 10.6. The second-order valence-electron chi connectivity index (χ2n) is 6.37. The molecule has 146 valence electrons. The zero-order valence-corrected chi connectivity index (χ0v) is 17.3. The van der Waals surface area contributed by atoms with E-state index in [1.54, 1.807) is 36.5 Å². The van der Waals surface area contributed by atoms with Crippen LogP contribution in [0, 0.1) is 0 Å². The quantitative estimate of drug-likeness (QED) is 0.348. The highest BCUT2D eigenvalue weighted by atomic mass is 35.5. The van der Waals surface area contributed by atoms with Crippen molar-refractivity contribution < 1.29 is 9.84 Å². The number of nitrogens with zero attached hydrogens (tertiary/aromatic N) is 1. The van der Waals surface area contributed by atoms with Crippen molar-refractivity contribution >= 4 is 34.8 Å². The van der Waals surface area contributed by atoms with E-state index in [0.29, 0.717) is 32.1 Å². The third-order valence-electron chi connectivity index (χ3n) is 4.44. The van der Waals surface area contributed by atoms with Gasteiger partial charge in [-0.3, -0.25) is 5.10 Å². The van der Waals surface area contributed by atoms with Crippen LogP contribution in [0.25, 0.3) is 22.4 Å². The first kappa shape index (κ1) is 19.6. The van der Waals surface area contributed by atoms with Crippen molar-refractivity contribution in [2.24, 2.45) is 0 Å². The largest absolute Gasteiger partial charge is 0.507 e. The third-order valence-corrected chi connectivity index (χ3v) is 5.28. The van der Waals surface area contributed by atoms with Gasteiger partial charge in [0.15, 0.2) is 0 Å². The molecule has 4 aromatic rings. The molecule has 2 N–H and O–H groups in total. The van der Waals surface area contributed by atoms with Gasteiger partial charge in [0.05, 0.1) is 11.9 Å². The molecule has 0 saturated heterocycles. The van der Waals surface area contributed by atoms with Gasteiger partial charge in [-0.1, -0.05) is 53.0 Å². The van der Waals surface area contributed by atoms with E-state index in [1.165, 1.54) is 0 Å². The number of aromatic nitrogens is 2. The lowest BCUT2D eigenvalue weighted by Crippen LogP contribution is -1.96. The van der Waals surface area contributed by atoms with Gasteiger partial charge in [-0.15, -0.1) is 0 Å². The Bertz CT molecular complexity index is 1160. The van der Waals surface area contributed by atoms with Gasteiger partial charge in [0, 0.05) is 37.8 Å². The Morgan fingerprint density at radius 3 is 2.34 bits per heavy atom. The summed E-state index contributed by atoms with van der Waals surface area (Å²) in [4.78, 5) is 0. The molecule has 0 unspecified atom stereocenters. The maximum atomic E-state index is 10.6. The molecule has 7 heteroatoms. The van der Waals surface area contributed by atoms with Crippen LogP contribution in [0.15, 0.2) is 66.9 Å². The van der Waals surface area contributed by atoms with Crippen LogP contribution in [0.2, 0.25) is 15.1 Å². The van der Waals surface area contributed by atoms with Crippen LogP contribution in [0.1, 0.15) is 5.56 Å². The van der Waals surface area contributed by atoms with Crippen LogP contribution in [0.5, 0.6) is 11.5 Å². The number of ether oxygens (including phenoxy) is 1. The topological polar surface area (TPSA) is 58.1 Å². The lowest BCUT2D eigenvalue weighted by Gasteiger charge is -2.11. The average Bonchev–Trinajstić information content (AvgIpc) is 3.17. The van der Waals surface area contributed by atoms with Crippen molar-refractivity contribution in [3.05, 3.63) is 87.5 Å². The minimum Gasteiger partial charge on any atom is -0.507 e. The number of aromatic amines is 1. The molecule has 0 aliphatic heterocycles. The van der Waals surface area contributed by atoms with Crippen LogP contribution >= 0.6 is 34.8 Å². The molecule has 0 aliphatic rings. The molecule has 0 radical (unpaired) electrons. The van der Waals surface area contributed by atoms with Gasteiger partial charge in [-0.05, 0) is 42.0 Å². The zero-order valence-electron chi connectivity index (χ0n) is 15.0. The lowest BCUT2D eigenvalue weighted by atomic mass is 10.0. The first-order chi connectivity index (χ1) is 14.0. The molecule has 0 aliphatic carbocycles. The first-order valence-corrected chi connectivity index (χ1v) is 9.84. The van der Waals surface area contributed by atoms with E-state index in [2.05, 4.69) is 10.2 Å². The summed E-state index contributed by atoms with van der Waals surface area (Å²) in [6.07, 6.45) is 1.71. The zero-order chi connectivity index (χ0) is 20.4. The number of benzene rings is 3. The fraction of sp³-hybridized carbons (Fsp3) is 0.0455. The van der Waals surface area contributed by atoms with E-state index in [0.717, 1.165) is 16.7 Å². The SMILES string of the molecule is Oc1cc(OCc2ccc(Cl)cc2Cl)ccc1-c1[nH]ncc1-c1ccc(Cl)cc1. The Hall–Kier alpha value is -2.66. The molecule has 0 fully saturated rings. The normalized spacial score (nSPS) is 10.9. The molecule has 4 rings (SSSR count). The van der Waals surface area contributed by atoms with Gasteiger partial charge in [0.1, 0.15) is 18.1 Å². The summed E-state index contributed by atoms with van der Waals surface area (Å²) in [5.41, 5.74) is 3.92. The number of hydrogen-bond donors (Lipinski definition) is 2. The molecule has 4 nitrogen and oxygen atoms in total. The number of nitrogens with one attached hydrogen (secondary N) is 1. The van der Waals surface area contributed by atoms with Crippen molar-refractivity contribution in [3.8, 4) is 33.9 Å². The molecular formula is C22H15Cl3N2O2. The molecule has 0 atom stereocenters. The van der Waals surface area contributed by atoms with Crippen LogP contribution in [-0.4, -0.2) is 15.3 Å². The van der Waals surface area contributed by atoms with Crippen molar-refractivity contribution in [1.29, 1.82) is 0 Å². The lowest BCUT2D eigenvalue weighted by molar-refractivity contribution is 0.304. The predicted molar refractivity (Wildman–Crippen MR) is 117 cm³/mol. The number of rotatable bonds is 5. The van der Waals surface area contributed by atoms with Crippen molar-refractivity contribution in [3.63, 3.8) is 0 Å². The highest BCUT2D eigenvalue weighted by Crippen LogP contribution is 2.37. The number of halogens is 3. The van der Waals surface area contributed by atoms with Crippen LogP contribution in [-0.2, 0) is 6.61 Å². The van der Waals surface area contributed by atoms with Gasteiger partial charge in [0.25, 0.3) is 0 Å². The molecule has 0 saturated carbocycles. The number of H-pyrrole nitrogens is 1. The van der Waals surface area contributed by atoms with Gasteiger partial charge in [-0.2, -0.15) is 5.10 Å². The molecule has 0 amide bonds. The molecule has 0 bridgehead atoms. The highest BCUT2D eigenvalue weighted by Gasteiger charge is 2.14. The Morgan fingerprint density at radius 1 is 0.862 bits per heavy atom. The van der Waals surface area contributed by atoms with Crippen LogP contribution in [0.3, 0.4) is 0 Å². The second-order valence-corrected chi connectivity index (χ2v) is 7.65. The summed E-state index contributed by atoms with van der Waals surface area (Å²) < 4.78 is 5.77. The summed E-state index contributed by atoms with van der Waals surface area (Å²) in [6, 6.07) is 17.8. The van der Waals surface area contributed by atoms with E-state index in [1.807, 2.05) is 30.3 Å². The second kappa shape index (κ2) is 8.37. The fourth-order valence-corrected chi connectivity index (χ4v) is 3.54.